The molecule has 1 aliphatic rings. The molecule has 5 nitrogen and oxygen atoms in total. The predicted octanol–water partition coefficient (Wildman–Crippen LogP) is 3.08. The number of halogens is 5. The Morgan fingerprint density at radius 3 is 2.24 bits per heavy atom. The average molecular weight is 437 g/mol. The van der Waals surface area contributed by atoms with Crippen LogP contribution in [0.5, 0.6) is 0 Å². The fourth-order valence-corrected chi connectivity index (χ4v) is 4.48. The third-order valence-corrected chi connectivity index (χ3v) is 6.83. The molecule has 0 aliphatic carbocycles. The normalized spacial score (nSPS) is 16.9. The lowest BCUT2D eigenvalue weighted by atomic mass is 10.3. The minimum Gasteiger partial charge on any atom is -0.339 e. The third-order valence-electron chi connectivity index (χ3n) is 3.48. The third kappa shape index (κ3) is 5.40. The standard InChI is InChI=1S/C13H13Cl2F3N2O3S2/c14-10-2-1-9(7-11(10)15)25(22,23)20-5-3-19(4-6-20)12(21)8-24-13(16,17)18/h1-2,7H,3-6,8H2. The molecular weight excluding hydrogens is 424 g/mol. The Morgan fingerprint density at radius 2 is 1.72 bits per heavy atom. The van der Waals surface area contributed by atoms with Crippen LogP contribution in [0.4, 0.5) is 13.2 Å². The first-order chi connectivity index (χ1) is 11.5. The Bertz CT molecular complexity index is 751. The molecule has 0 spiro atoms. The van der Waals surface area contributed by atoms with E-state index in [1.807, 2.05) is 0 Å². The summed E-state index contributed by atoms with van der Waals surface area (Å²) in [6, 6.07) is 3.92. The van der Waals surface area contributed by atoms with Crippen LogP contribution in [0, 0.1) is 0 Å². The van der Waals surface area contributed by atoms with E-state index in [9.17, 15) is 26.4 Å². The van der Waals surface area contributed by atoms with Crippen LogP contribution in [-0.4, -0.2) is 61.0 Å². The zero-order valence-electron chi connectivity index (χ0n) is 12.6. The molecular formula is C13H13Cl2F3N2O3S2. The molecule has 1 aromatic rings. The summed E-state index contributed by atoms with van der Waals surface area (Å²) >= 11 is 11.2. The molecule has 0 N–H and O–H groups in total. The number of piperazine rings is 1. The van der Waals surface area contributed by atoms with Gasteiger partial charge in [0.25, 0.3) is 0 Å². The summed E-state index contributed by atoms with van der Waals surface area (Å²) in [5.74, 6) is -1.39. The number of carbonyl (C=O) groups is 1. The smallest absolute Gasteiger partial charge is 0.339 e. The van der Waals surface area contributed by atoms with Gasteiger partial charge in [0, 0.05) is 26.2 Å². The lowest BCUT2D eigenvalue weighted by Gasteiger charge is -2.34. The SMILES string of the molecule is O=C(CSC(F)(F)F)N1CCN(S(=O)(=O)c2ccc(Cl)c(Cl)c2)CC1. The number of rotatable bonds is 4. The van der Waals surface area contributed by atoms with Crippen molar-refractivity contribution in [1.29, 1.82) is 0 Å². The molecule has 1 fully saturated rings. The van der Waals surface area contributed by atoms with Crippen molar-refractivity contribution in [2.45, 2.75) is 10.4 Å². The van der Waals surface area contributed by atoms with Gasteiger partial charge in [0.15, 0.2) is 0 Å². The number of hydrogen-bond acceptors (Lipinski definition) is 4. The van der Waals surface area contributed by atoms with Crippen molar-refractivity contribution in [3.8, 4) is 0 Å². The van der Waals surface area contributed by atoms with E-state index < -0.39 is 39.0 Å². The molecule has 0 aromatic heterocycles. The largest absolute Gasteiger partial charge is 0.442 e. The summed E-state index contributed by atoms with van der Waals surface area (Å²) in [5, 5.41) is 0.318. The first-order valence-electron chi connectivity index (χ1n) is 6.94. The number of carbonyl (C=O) groups excluding carboxylic acids is 1. The maximum Gasteiger partial charge on any atom is 0.442 e. The number of thioether (sulfide) groups is 1. The Morgan fingerprint density at radius 1 is 1.12 bits per heavy atom. The summed E-state index contributed by atoms with van der Waals surface area (Å²) in [6.45, 7) is 0.0333. The van der Waals surface area contributed by atoms with Crippen LogP contribution >= 0.6 is 35.0 Å². The van der Waals surface area contributed by atoms with Gasteiger partial charge in [-0.05, 0) is 30.0 Å². The second-order valence-electron chi connectivity index (χ2n) is 5.10. The van der Waals surface area contributed by atoms with E-state index in [-0.39, 0.29) is 41.1 Å². The topological polar surface area (TPSA) is 57.7 Å². The maximum atomic E-state index is 12.6. The van der Waals surface area contributed by atoms with Gasteiger partial charge in [0.05, 0.1) is 20.7 Å². The van der Waals surface area contributed by atoms with Gasteiger partial charge in [-0.25, -0.2) is 8.42 Å². The molecule has 25 heavy (non-hydrogen) atoms. The second kappa shape index (κ2) is 7.91. The van der Waals surface area contributed by atoms with Gasteiger partial charge in [0.1, 0.15) is 0 Å². The van der Waals surface area contributed by atoms with Crippen molar-refractivity contribution in [1.82, 2.24) is 9.21 Å². The lowest BCUT2D eigenvalue weighted by Crippen LogP contribution is -2.51. The summed E-state index contributed by atoms with van der Waals surface area (Å²) in [4.78, 5) is 12.9. The lowest BCUT2D eigenvalue weighted by molar-refractivity contribution is -0.129. The van der Waals surface area contributed by atoms with E-state index in [0.717, 1.165) is 4.31 Å². The van der Waals surface area contributed by atoms with Crippen LogP contribution < -0.4 is 0 Å². The van der Waals surface area contributed by atoms with Crippen molar-refractivity contribution in [3.63, 3.8) is 0 Å². The number of nitrogens with zero attached hydrogens (tertiary/aromatic N) is 2. The number of sulfonamides is 1. The van der Waals surface area contributed by atoms with Crippen LogP contribution in [-0.2, 0) is 14.8 Å². The number of benzene rings is 1. The van der Waals surface area contributed by atoms with Gasteiger partial charge in [0.2, 0.25) is 15.9 Å². The van der Waals surface area contributed by atoms with Crippen LogP contribution in [0.2, 0.25) is 10.0 Å². The van der Waals surface area contributed by atoms with E-state index in [1.165, 1.54) is 23.1 Å². The summed E-state index contributed by atoms with van der Waals surface area (Å²) in [5.41, 5.74) is -4.48. The van der Waals surface area contributed by atoms with Crippen LogP contribution in [0.25, 0.3) is 0 Å². The quantitative estimate of drug-likeness (QED) is 0.727. The molecule has 0 bridgehead atoms. The molecule has 1 aromatic carbocycles. The van der Waals surface area contributed by atoms with Crippen molar-refractivity contribution in [2.75, 3.05) is 31.9 Å². The predicted molar refractivity (Wildman–Crippen MR) is 90.3 cm³/mol. The van der Waals surface area contributed by atoms with Crippen molar-refractivity contribution >= 4 is 50.9 Å². The van der Waals surface area contributed by atoms with Crippen LogP contribution in [0.3, 0.4) is 0 Å². The van der Waals surface area contributed by atoms with Gasteiger partial charge in [-0.2, -0.15) is 17.5 Å². The van der Waals surface area contributed by atoms with Crippen LogP contribution in [0.15, 0.2) is 23.1 Å². The Balaban J connectivity index is 1.99. The molecule has 2 rings (SSSR count). The van der Waals surface area contributed by atoms with E-state index in [4.69, 9.17) is 23.2 Å². The van der Waals surface area contributed by atoms with Gasteiger partial charge >= 0.3 is 5.51 Å². The van der Waals surface area contributed by atoms with Gasteiger partial charge in [-0.1, -0.05) is 23.2 Å². The molecule has 0 atom stereocenters. The molecule has 12 heteroatoms. The Hall–Kier alpha value is -0.680. The van der Waals surface area contributed by atoms with E-state index >= 15 is 0 Å². The first-order valence-corrected chi connectivity index (χ1v) is 10.1. The van der Waals surface area contributed by atoms with Crippen molar-refractivity contribution in [2.24, 2.45) is 0 Å². The number of alkyl halides is 3. The molecule has 0 unspecified atom stereocenters. The summed E-state index contributed by atoms with van der Waals surface area (Å²) in [7, 11) is -3.82. The van der Waals surface area contributed by atoms with Crippen LogP contribution in [0.1, 0.15) is 0 Å². The van der Waals surface area contributed by atoms with Gasteiger partial charge in [-0.3, -0.25) is 4.79 Å². The minimum absolute atomic E-state index is 0.00893. The highest BCUT2D eigenvalue weighted by atomic mass is 35.5. The van der Waals surface area contributed by atoms with E-state index in [0.29, 0.717) is 0 Å². The molecule has 1 saturated heterocycles. The van der Waals surface area contributed by atoms with Gasteiger partial charge < -0.3 is 4.90 Å². The average Bonchev–Trinajstić information content (AvgIpc) is 2.54. The number of hydrogen-bond donors (Lipinski definition) is 0. The monoisotopic (exact) mass is 436 g/mol. The Kier molecular flexibility index (Phi) is 6.53. The molecule has 140 valence electrons. The fourth-order valence-electron chi connectivity index (χ4n) is 2.20. The van der Waals surface area contributed by atoms with Crippen molar-refractivity contribution in [3.05, 3.63) is 28.2 Å². The number of amides is 1. The molecule has 1 heterocycles. The van der Waals surface area contributed by atoms with Gasteiger partial charge in [-0.15, -0.1) is 0 Å². The highest BCUT2D eigenvalue weighted by Gasteiger charge is 2.33. The van der Waals surface area contributed by atoms with E-state index in [2.05, 4.69) is 0 Å². The van der Waals surface area contributed by atoms with E-state index in [1.54, 1.807) is 0 Å². The molecule has 0 saturated carbocycles. The first kappa shape index (κ1) is 20.6. The van der Waals surface area contributed by atoms with Crippen molar-refractivity contribution < 1.29 is 26.4 Å². The molecule has 1 amide bonds. The Labute approximate surface area is 157 Å². The summed E-state index contributed by atoms with van der Waals surface area (Å²) in [6.07, 6.45) is 0. The minimum atomic E-state index is -4.48. The fraction of sp³-hybridized carbons (Fsp3) is 0.462. The highest BCUT2D eigenvalue weighted by Crippen LogP contribution is 2.30. The second-order valence-corrected chi connectivity index (χ2v) is 8.89. The molecule has 0 radical (unpaired) electrons. The summed E-state index contributed by atoms with van der Waals surface area (Å²) < 4.78 is 62.7. The zero-order chi connectivity index (χ0) is 18.8. The maximum absolute atomic E-state index is 12.6. The zero-order valence-corrected chi connectivity index (χ0v) is 15.7. The highest BCUT2D eigenvalue weighted by molar-refractivity contribution is 8.00. The molecule has 1 aliphatic heterocycles.